The zero-order valence-electron chi connectivity index (χ0n) is 8.68. The summed E-state index contributed by atoms with van der Waals surface area (Å²) in [5.74, 6) is -1.46. The summed E-state index contributed by atoms with van der Waals surface area (Å²) in [5.41, 5.74) is -0.884. The second-order valence-electron chi connectivity index (χ2n) is 3.43. The lowest BCUT2D eigenvalue weighted by Crippen LogP contribution is -2.17. The Hall–Kier alpha value is -2.43. The minimum absolute atomic E-state index is 0.0184. The molecule has 1 heterocycles. The second-order valence-corrected chi connectivity index (χ2v) is 3.43. The molecule has 0 amide bonds. The first-order chi connectivity index (χ1) is 8.06. The van der Waals surface area contributed by atoms with Crippen molar-refractivity contribution >= 4 is 22.9 Å². The summed E-state index contributed by atoms with van der Waals surface area (Å²) >= 11 is 0. The molecule has 0 aliphatic heterocycles. The van der Waals surface area contributed by atoms with E-state index >= 15 is 0 Å². The van der Waals surface area contributed by atoms with Gasteiger partial charge in [-0.15, -0.1) is 0 Å². The summed E-state index contributed by atoms with van der Waals surface area (Å²) in [6.45, 7) is 3.51. The summed E-state index contributed by atoms with van der Waals surface area (Å²) in [7, 11) is 0. The summed E-state index contributed by atoms with van der Waals surface area (Å²) in [6, 6.07) is 4.53. The number of hydrogen-bond acceptors (Lipinski definition) is 2. The summed E-state index contributed by atoms with van der Waals surface area (Å²) in [5, 5.41) is 8.83. The summed E-state index contributed by atoms with van der Waals surface area (Å²) in [6.07, 6.45) is 2.05. The molecule has 0 aliphatic rings. The van der Waals surface area contributed by atoms with E-state index in [9.17, 15) is 14.1 Å². The van der Waals surface area contributed by atoms with Gasteiger partial charge in [-0.05, 0) is 11.6 Å². The van der Waals surface area contributed by atoms with E-state index in [-0.39, 0.29) is 15.7 Å². The topological polar surface area (TPSA) is 59.3 Å². The zero-order valence-corrected chi connectivity index (χ0v) is 8.68. The van der Waals surface area contributed by atoms with Crippen LogP contribution in [0.1, 0.15) is 15.9 Å². The Balaban J connectivity index is 3.06. The van der Waals surface area contributed by atoms with Crippen molar-refractivity contribution in [1.82, 2.24) is 4.79 Å². The Morgan fingerprint density at radius 3 is 2.76 bits per heavy atom. The Bertz CT molecular complexity index is 688. The van der Waals surface area contributed by atoms with Crippen LogP contribution in [0.5, 0.6) is 0 Å². The number of carboxylic acid groups (broad SMARTS) is 1. The van der Waals surface area contributed by atoms with Gasteiger partial charge in [-0.1, -0.05) is 29.3 Å². The number of carboxylic acids is 1. The lowest BCUT2D eigenvalue weighted by atomic mass is 10.1. The normalized spacial score (nSPS) is 10.4. The number of rotatable bonds is 2. The first kappa shape index (κ1) is 11.1. The van der Waals surface area contributed by atoms with Crippen molar-refractivity contribution in [3.63, 3.8) is 0 Å². The van der Waals surface area contributed by atoms with Gasteiger partial charge in [0.25, 0.3) is 0 Å². The monoisotopic (exact) mass is 233 g/mol. The molecule has 86 valence electrons. The number of aromatic carboxylic acids is 1. The molecular weight excluding hydrogens is 225 g/mol. The fourth-order valence-electron chi connectivity index (χ4n) is 1.68. The molecule has 4 nitrogen and oxygen atoms in total. The van der Waals surface area contributed by atoms with Gasteiger partial charge in [0.2, 0.25) is 5.43 Å². The van der Waals surface area contributed by atoms with Crippen molar-refractivity contribution in [1.29, 1.82) is 0 Å². The lowest BCUT2D eigenvalue weighted by molar-refractivity contribution is 0.0693. The highest BCUT2D eigenvalue weighted by Gasteiger charge is 2.15. The molecule has 17 heavy (non-hydrogen) atoms. The van der Waals surface area contributed by atoms with E-state index in [2.05, 4.69) is 6.58 Å². The molecule has 0 bridgehead atoms. The second kappa shape index (κ2) is 3.86. The lowest BCUT2D eigenvalue weighted by Gasteiger charge is -2.05. The minimum atomic E-state index is -1.46. The summed E-state index contributed by atoms with van der Waals surface area (Å²) in [4.78, 5) is 22.8. The van der Waals surface area contributed by atoms with Crippen molar-refractivity contribution in [2.45, 2.75) is 0 Å². The van der Waals surface area contributed by atoms with Crippen LogP contribution in [-0.2, 0) is 0 Å². The van der Waals surface area contributed by atoms with Crippen LogP contribution in [0, 0.1) is 0 Å². The van der Waals surface area contributed by atoms with Crippen LogP contribution in [0.15, 0.2) is 35.8 Å². The number of hydrogen-bond donors (Lipinski definition) is 1. The molecule has 5 heteroatoms. The van der Waals surface area contributed by atoms with Gasteiger partial charge < -0.3 is 5.11 Å². The Labute approximate surface area is 95.2 Å². The molecule has 0 saturated heterocycles. The smallest absolute Gasteiger partial charge is 0.341 e. The Morgan fingerprint density at radius 1 is 1.47 bits per heavy atom. The summed E-state index contributed by atoms with van der Waals surface area (Å²) < 4.78 is 13.6. The van der Waals surface area contributed by atoms with E-state index in [4.69, 9.17) is 5.11 Å². The number of aromatic nitrogens is 1. The predicted octanol–water partition coefficient (Wildman–Crippen LogP) is 2.08. The molecule has 2 rings (SSSR count). The van der Waals surface area contributed by atoms with E-state index in [1.54, 1.807) is 12.1 Å². The Morgan fingerprint density at radius 2 is 2.18 bits per heavy atom. The number of carbonyl (C=O) groups is 1. The third-order valence-corrected chi connectivity index (χ3v) is 2.47. The van der Waals surface area contributed by atoms with Gasteiger partial charge >= 0.3 is 5.97 Å². The maximum Gasteiger partial charge on any atom is 0.341 e. The van der Waals surface area contributed by atoms with Crippen LogP contribution in [-0.4, -0.2) is 15.9 Å². The van der Waals surface area contributed by atoms with Gasteiger partial charge in [0.05, 0.1) is 17.1 Å². The molecule has 0 unspecified atom stereocenters. The molecule has 0 radical (unpaired) electrons. The van der Waals surface area contributed by atoms with Crippen LogP contribution in [0.4, 0.5) is 4.48 Å². The van der Waals surface area contributed by atoms with E-state index in [0.717, 1.165) is 0 Å². The molecule has 2 aromatic rings. The van der Waals surface area contributed by atoms with Gasteiger partial charge in [0, 0.05) is 0 Å². The van der Waals surface area contributed by atoms with Crippen molar-refractivity contribution in [2.75, 3.05) is 0 Å². The van der Waals surface area contributed by atoms with Gasteiger partial charge in [-0.3, -0.25) is 4.79 Å². The average molecular weight is 233 g/mol. The number of nitrogens with zero attached hydrogens (tertiary/aromatic N) is 1. The van der Waals surface area contributed by atoms with E-state index in [0.29, 0.717) is 11.8 Å². The van der Waals surface area contributed by atoms with Crippen molar-refractivity contribution < 1.29 is 14.4 Å². The van der Waals surface area contributed by atoms with Crippen LogP contribution in [0.25, 0.3) is 17.0 Å². The van der Waals surface area contributed by atoms with Crippen LogP contribution in [0.2, 0.25) is 0 Å². The first-order valence-corrected chi connectivity index (χ1v) is 4.76. The van der Waals surface area contributed by atoms with E-state index < -0.39 is 17.0 Å². The maximum absolute atomic E-state index is 13.6. The molecular formula is C12H8FNO3. The van der Waals surface area contributed by atoms with Crippen LogP contribution in [0.3, 0.4) is 0 Å². The first-order valence-electron chi connectivity index (χ1n) is 4.76. The van der Waals surface area contributed by atoms with Crippen molar-refractivity contribution in [3.05, 3.63) is 52.3 Å². The number of pyridine rings is 1. The predicted molar refractivity (Wildman–Crippen MR) is 61.8 cm³/mol. The number of fused-ring (bicyclic) bond motifs is 1. The van der Waals surface area contributed by atoms with Gasteiger partial charge in [-0.25, -0.2) is 4.79 Å². The third kappa shape index (κ3) is 1.61. The van der Waals surface area contributed by atoms with Gasteiger partial charge in [-0.2, -0.15) is 4.79 Å². The highest BCUT2D eigenvalue weighted by atomic mass is 19.2. The standard InChI is InChI=1S/C12H8FNO3/c1-2-7-4-3-5-9-10(7)11(15)8(12(16)17)6-14(9)13/h2-6H,1H2,(H,16,17). The van der Waals surface area contributed by atoms with Crippen LogP contribution >= 0.6 is 0 Å². The molecule has 1 N–H and O–H groups in total. The fourth-order valence-corrected chi connectivity index (χ4v) is 1.68. The molecule has 0 aliphatic carbocycles. The molecule has 1 aromatic heterocycles. The molecule has 0 fully saturated rings. The molecule has 1 aromatic carbocycles. The largest absolute Gasteiger partial charge is 0.477 e. The highest BCUT2D eigenvalue weighted by Crippen LogP contribution is 2.17. The highest BCUT2D eigenvalue weighted by molar-refractivity contribution is 5.95. The quantitative estimate of drug-likeness (QED) is 0.863. The van der Waals surface area contributed by atoms with Crippen LogP contribution < -0.4 is 5.43 Å². The average Bonchev–Trinajstić information content (AvgIpc) is 2.32. The van der Waals surface area contributed by atoms with Gasteiger partial charge in [0.15, 0.2) is 0 Å². The Kier molecular flexibility index (Phi) is 2.51. The number of halogens is 1. The van der Waals surface area contributed by atoms with Crippen molar-refractivity contribution in [2.24, 2.45) is 0 Å². The SMILES string of the molecule is C=Cc1cccc2c1c(=O)c(C(=O)O)cn2F. The van der Waals surface area contributed by atoms with E-state index in [1.807, 2.05) is 0 Å². The molecule has 0 spiro atoms. The van der Waals surface area contributed by atoms with Gasteiger partial charge in [0.1, 0.15) is 5.56 Å². The minimum Gasteiger partial charge on any atom is -0.477 e. The molecule has 0 atom stereocenters. The fraction of sp³-hybridized carbons (Fsp3) is 0. The molecule has 0 saturated carbocycles. The number of benzene rings is 1. The van der Waals surface area contributed by atoms with Crippen molar-refractivity contribution in [3.8, 4) is 0 Å². The zero-order chi connectivity index (χ0) is 12.6. The maximum atomic E-state index is 13.6. The van der Waals surface area contributed by atoms with E-state index in [1.165, 1.54) is 12.1 Å². The third-order valence-electron chi connectivity index (χ3n) is 2.47.